The number of nitrogens with zero attached hydrogens (tertiary/aromatic N) is 1. The number of hydrogen-bond donors (Lipinski definition) is 1. The standard InChI is InChI=1S/C17H26N2O2/c1-14-6-4-7-15(12-14)21-11-10-19(3)16(20)17(2)8-5-9-18-13-17/h4,6-7,12,18H,5,8-11,13H2,1-3H3. The molecule has 21 heavy (non-hydrogen) atoms. The fourth-order valence-corrected chi connectivity index (χ4v) is 2.81. The molecule has 4 nitrogen and oxygen atoms in total. The minimum atomic E-state index is -0.268. The Kier molecular flexibility index (Phi) is 5.23. The molecule has 1 aromatic carbocycles. The zero-order valence-electron chi connectivity index (χ0n) is 13.3. The van der Waals surface area contributed by atoms with E-state index in [1.807, 2.05) is 38.2 Å². The van der Waals surface area contributed by atoms with Crippen LogP contribution in [0.15, 0.2) is 24.3 Å². The number of piperidine rings is 1. The SMILES string of the molecule is Cc1cccc(OCCN(C)C(=O)C2(C)CCCNC2)c1. The second kappa shape index (κ2) is 6.94. The maximum atomic E-state index is 12.5. The van der Waals surface area contributed by atoms with E-state index in [1.165, 1.54) is 5.56 Å². The number of aryl methyl sites for hydroxylation is 1. The van der Waals surface area contributed by atoms with Crippen LogP contribution in [0.3, 0.4) is 0 Å². The monoisotopic (exact) mass is 290 g/mol. The fourth-order valence-electron chi connectivity index (χ4n) is 2.81. The van der Waals surface area contributed by atoms with Gasteiger partial charge in [0.15, 0.2) is 0 Å². The summed E-state index contributed by atoms with van der Waals surface area (Å²) >= 11 is 0. The predicted octanol–water partition coefficient (Wildman–Crippen LogP) is 2.22. The summed E-state index contributed by atoms with van der Waals surface area (Å²) in [5.41, 5.74) is 0.911. The third-order valence-corrected chi connectivity index (χ3v) is 4.15. The largest absolute Gasteiger partial charge is 0.492 e. The van der Waals surface area contributed by atoms with Crippen molar-refractivity contribution in [3.63, 3.8) is 0 Å². The highest BCUT2D eigenvalue weighted by molar-refractivity contribution is 5.82. The van der Waals surface area contributed by atoms with Crippen molar-refractivity contribution in [1.82, 2.24) is 10.2 Å². The van der Waals surface area contributed by atoms with Crippen molar-refractivity contribution in [2.45, 2.75) is 26.7 Å². The lowest BCUT2D eigenvalue weighted by atomic mass is 9.81. The molecule has 0 aromatic heterocycles. The van der Waals surface area contributed by atoms with Crippen molar-refractivity contribution < 1.29 is 9.53 Å². The lowest BCUT2D eigenvalue weighted by Gasteiger charge is -2.36. The van der Waals surface area contributed by atoms with Crippen LogP contribution in [0.5, 0.6) is 5.75 Å². The van der Waals surface area contributed by atoms with Crippen molar-refractivity contribution in [1.29, 1.82) is 0 Å². The molecule has 1 saturated heterocycles. The highest BCUT2D eigenvalue weighted by atomic mass is 16.5. The van der Waals surface area contributed by atoms with Gasteiger partial charge in [-0.05, 0) is 50.9 Å². The first-order valence-electron chi connectivity index (χ1n) is 7.67. The first-order valence-corrected chi connectivity index (χ1v) is 7.67. The van der Waals surface area contributed by atoms with E-state index >= 15 is 0 Å². The summed E-state index contributed by atoms with van der Waals surface area (Å²) < 4.78 is 5.72. The summed E-state index contributed by atoms with van der Waals surface area (Å²) in [7, 11) is 1.86. The number of rotatable bonds is 5. The van der Waals surface area contributed by atoms with E-state index in [0.29, 0.717) is 13.2 Å². The van der Waals surface area contributed by atoms with Gasteiger partial charge in [0, 0.05) is 13.6 Å². The average Bonchev–Trinajstić information content (AvgIpc) is 2.47. The second-order valence-electron chi connectivity index (χ2n) is 6.23. The van der Waals surface area contributed by atoms with E-state index in [9.17, 15) is 4.79 Å². The van der Waals surface area contributed by atoms with E-state index in [0.717, 1.165) is 31.7 Å². The topological polar surface area (TPSA) is 41.6 Å². The van der Waals surface area contributed by atoms with Crippen LogP contribution in [0.2, 0.25) is 0 Å². The highest BCUT2D eigenvalue weighted by Gasteiger charge is 2.36. The Labute approximate surface area is 127 Å². The van der Waals surface area contributed by atoms with Crippen molar-refractivity contribution in [3.8, 4) is 5.75 Å². The van der Waals surface area contributed by atoms with Gasteiger partial charge in [-0.25, -0.2) is 0 Å². The van der Waals surface area contributed by atoms with Gasteiger partial charge in [-0.3, -0.25) is 4.79 Å². The van der Waals surface area contributed by atoms with E-state index in [1.54, 1.807) is 4.90 Å². The molecular weight excluding hydrogens is 264 g/mol. The lowest BCUT2D eigenvalue weighted by Crippen LogP contribution is -2.49. The second-order valence-corrected chi connectivity index (χ2v) is 6.23. The highest BCUT2D eigenvalue weighted by Crippen LogP contribution is 2.27. The molecule has 0 spiro atoms. The Morgan fingerprint density at radius 2 is 2.29 bits per heavy atom. The Balaban J connectivity index is 1.81. The first-order chi connectivity index (χ1) is 10.0. The Hall–Kier alpha value is -1.55. The van der Waals surface area contributed by atoms with E-state index in [-0.39, 0.29) is 11.3 Å². The number of carbonyl (C=O) groups is 1. The molecule has 1 aliphatic heterocycles. The molecule has 1 aliphatic rings. The molecule has 0 radical (unpaired) electrons. The summed E-state index contributed by atoms with van der Waals surface area (Å²) in [6.07, 6.45) is 2.03. The first kappa shape index (κ1) is 15.8. The maximum Gasteiger partial charge on any atom is 0.229 e. The summed E-state index contributed by atoms with van der Waals surface area (Å²) in [5.74, 6) is 1.07. The summed E-state index contributed by atoms with van der Waals surface area (Å²) in [4.78, 5) is 14.3. The zero-order chi connectivity index (χ0) is 15.3. The minimum absolute atomic E-state index is 0.211. The number of nitrogens with one attached hydrogen (secondary N) is 1. The van der Waals surface area contributed by atoms with Crippen LogP contribution in [-0.2, 0) is 4.79 Å². The van der Waals surface area contributed by atoms with E-state index in [2.05, 4.69) is 12.2 Å². The van der Waals surface area contributed by atoms with Gasteiger partial charge >= 0.3 is 0 Å². The normalized spacial score (nSPS) is 21.9. The molecule has 2 rings (SSSR count). The summed E-state index contributed by atoms with van der Waals surface area (Å²) in [6, 6.07) is 7.98. The molecule has 1 aromatic rings. The molecular formula is C17H26N2O2. The molecule has 1 atom stereocenters. The molecule has 0 saturated carbocycles. The van der Waals surface area contributed by atoms with Crippen LogP contribution < -0.4 is 10.1 Å². The number of ether oxygens (including phenoxy) is 1. The molecule has 0 bridgehead atoms. The molecule has 1 amide bonds. The van der Waals surface area contributed by atoms with Crippen molar-refractivity contribution in [2.24, 2.45) is 5.41 Å². The van der Waals surface area contributed by atoms with Crippen LogP contribution in [-0.4, -0.2) is 44.1 Å². The number of likely N-dealkylation sites (N-methyl/N-ethyl adjacent to an activating group) is 1. The van der Waals surface area contributed by atoms with E-state index in [4.69, 9.17) is 4.74 Å². The zero-order valence-corrected chi connectivity index (χ0v) is 13.3. The summed E-state index contributed by atoms with van der Waals surface area (Å²) in [6.45, 7) is 7.02. The molecule has 1 N–H and O–H groups in total. The van der Waals surface area contributed by atoms with Crippen molar-refractivity contribution >= 4 is 5.91 Å². The lowest BCUT2D eigenvalue weighted by molar-refractivity contribution is -0.141. The third-order valence-electron chi connectivity index (χ3n) is 4.15. The van der Waals surface area contributed by atoms with Gasteiger partial charge in [0.2, 0.25) is 5.91 Å². The van der Waals surface area contributed by atoms with Gasteiger partial charge < -0.3 is 15.0 Å². The number of benzene rings is 1. The quantitative estimate of drug-likeness (QED) is 0.904. The predicted molar refractivity (Wildman–Crippen MR) is 84.5 cm³/mol. The Bertz CT molecular complexity index is 481. The number of amides is 1. The van der Waals surface area contributed by atoms with Gasteiger partial charge in [-0.15, -0.1) is 0 Å². The third kappa shape index (κ3) is 4.21. The Morgan fingerprint density at radius 3 is 2.95 bits per heavy atom. The van der Waals surface area contributed by atoms with Crippen LogP contribution >= 0.6 is 0 Å². The number of hydrogen-bond acceptors (Lipinski definition) is 3. The molecule has 1 unspecified atom stereocenters. The summed E-state index contributed by atoms with van der Waals surface area (Å²) in [5, 5.41) is 3.32. The molecule has 1 heterocycles. The molecule has 4 heteroatoms. The fraction of sp³-hybridized carbons (Fsp3) is 0.588. The van der Waals surface area contributed by atoms with Gasteiger partial charge in [0.25, 0.3) is 0 Å². The van der Waals surface area contributed by atoms with E-state index < -0.39 is 0 Å². The van der Waals surface area contributed by atoms with Gasteiger partial charge in [0.05, 0.1) is 12.0 Å². The molecule has 0 aliphatic carbocycles. The van der Waals surface area contributed by atoms with Crippen LogP contribution in [0, 0.1) is 12.3 Å². The number of carbonyl (C=O) groups excluding carboxylic acids is 1. The minimum Gasteiger partial charge on any atom is -0.492 e. The van der Waals surface area contributed by atoms with Crippen LogP contribution in [0.1, 0.15) is 25.3 Å². The van der Waals surface area contributed by atoms with Crippen molar-refractivity contribution in [2.75, 3.05) is 33.3 Å². The van der Waals surface area contributed by atoms with Gasteiger partial charge in [-0.2, -0.15) is 0 Å². The van der Waals surface area contributed by atoms with Gasteiger partial charge in [0.1, 0.15) is 12.4 Å². The smallest absolute Gasteiger partial charge is 0.229 e. The molecule has 116 valence electrons. The van der Waals surface area contributed by atoms with Crippen LogP contribution in [0.4, 0.5) is 0 Å². The van der Waals surface area contributed by atoms with Crippen LogP contribution in [0.25, 0.3) is 0 Å². The van der Waals surface area contributed by atoms with Crippen molar-refractivity contribution in [3.05, 3.63) is 29.8 Å². The van der Waals surface area contributed by atoms with Gasteiger partial charge in [-0.1, -0.05) is 12.1 Å². The average molecular weight is 290 g/mol. The molecule has 1 fully saturated rings. The Morgan fingerprint density at radius 1 is 1.48 bits per heavy atom. The maximum absolute atomic E-state index is 12.5.